The predicted octanol–water partition coefficient (Wildman–Crippen LogP) is 6.04. The van der Waals surface area contributed by atoms with Crippen molar-refractivity contribution >= 4 is 0 Å². The van der Waals surface area contributed by atoms with Crippen LogP contribution in [0.4, 0.5) is 0 Å². The molecule has 4 bridgehead atoms. The van der Waals surface area contributed by atoms with E-state index in [-0.39, 0.29) is 0 Å². The summed E-state index contributed by atoms with van der Waals surface area (Å²) in [4.78, 5) is 0. The standard InChI is InChI=1S/C24H28O/c1-17-7-8-23(25-16-18-5-3-2-4-6-18)22(9-17)24-13-19-10-20(14-24)12-21(11-19)15-24/h2-9,19-21H,10-16H2,1H3. The molecule has 4 aliphatic rings. The molecule has 0 unspecified atom stereocenters. The number of rotatable bonds is 4. The van der Waals surface area contributed by atoms with E-state index in [1.165, 1.54) is 55.2 Å². The molecule has 4 saturated carbocycles. The summed E-state index contributed by atoms with van der Waals surface area (Å²) in [6.45, 7) is 2.90. The lowest BCUT2D eigenvalue weighted by atomic mass is 9.48. The molecule has 25 heavy (non-hydrogen) atoms. The molecule has 0 N–H and O–H groups in total. The van der Waals surface area contributed by atoms with Gasteiger partial charge in [0.2, 0.25) is 0 Å². The van der Waals surface area contributed by atoms with Gasteiger partial charge in [0.25, 0.3) is 0 Å². The molecule has 130 valence electrons. The molecule has 4 fully saturated rings. The second-order valence-corrected chi connectivity index (χ2v) is 8.97. The molecule has 0 atom stereocenters. The van der Waals surface area contributed by atoms with Gasteiger partial charge >= 0.3 is 0 Å². The molecule has 0 amide bonds. The van der Waals surface area contributed by atoms with Gasteiger partial charge in [0.1, 0.15) is 12.4 Å². The zero-order valence-electron chi connectivity index (χ0n) is 15.2. The molecule has 2 aromatic carbocycles. The minimum atomic E-state index is 0.396. The zero-order valence-corrected chi connectivity index (χ0v) is 15.2. The van der Waals surface area contributed by atoms with Crippen LogP contribution in [0.1, 0.15) is 55.2 Å². The van der Waals surface area contributed by atoms with Gasteiger partial charge in [0, 0.05) is 5.56 Å². The van der Waals surface area contributed by atoms with E-state index in [9.17, 15) is 0 Å². The summed E-state index contributed by atoms with van der Waals surface area (Å²) in [5, 5.41) is 0. The van der Waals surface area contributed by atoms with Crippen LogP contribution in [0, 0.1) is 24.7 Å². The second kappa shape index (κ2) is 5.90. The highest BCUT2D eigenvalue weighted by molar-refractivity contribution is 5.44. The fourth-order valence-corrected chi connectivity index (χ4v) is 6.36. The van der Waals surface area contributed by atoms with E-state index in [4.69, 9.17) is 4.74 Å². The van der Waals surface area contributed by atoms with Gasteiger partial charge in [-0.15, -0.1) is 0 Å². The Morgan fingerprint density at radius 3 is 2.16 bits per heavy atom. The number of hydrogen-bond acceptors (Lipinski definition) is 1. The largest absolute Gasteiger partial charge is 0.489 e. The maximum absolute atomic E-state index is 6.37. The second-order valence-electron chi connectivity index (χ2n) is 8.97. The van der Waals surface area contributed by atoms with Gasteiger partial charge in [-0.05, 0) is 80.2 Å². The quantitative estimate of drug-likeness (QED) is 0.663. The molecule has 6 rings (SSSR count). The van der Waals surface area contributed by atoms with Crippen LogP contribution in [0.2, 0.25) is 0 Å². The summed E-state index contributed by atoms with van der Waals surface area (Å²) >= 11 is 0. The first-order chi connectivity index (χ1) is 12.2. The van der Waals surface area contributed by atoms with E-state index in [0.717, 1.165) is 23.5 Å². The SMILES string of the molecule is Cc1ccc(OCc2ccccc2)c(C23CC4CC(CC(C4)C2)C3)c1. The van der Waals surface area contributed by atoms with Gasteiger partial charge in [0.15, 0.2) is 0 Å². The number of benzene rings is 2. The average Bonchev–Trinajstić information content (AvgIpc) is 2.60. The normalized spacial score (nSPS) is 32.8. The molecule has 2 aromatic rings. The van der Waals surface area contributed by atoms with Crippen LogP contribution in [0.5, 0.6) is 5.75 Å². The molecule has 4 aliphatic carbocycles. The minimum Gasteiger partial charge on any atom is -0.489 e. The molecule has 0 saturated heterocycles. The summed E-state index contributed by atoms with van der Waals surface area (Å²) in [7, 11) is 0. The molecule has 0 radical (unpaired) electrons. The third-order valence-electron chi connectivity index (χ3n) is 6.98. The van der Waals surface area contributed by atoms with Crippen molar-refractivity contribution in [1.29, 1.82) is 0 Å². The maximum Gasteiger partial charge on any atom is 0.123 e. The third-order valence-corrected chi connectivity index (χ3v) is 6.98. The maximum atomic E-state index is 6.37. The lowest BCUT2D eigenvalue weighted by Gasteiger charge is -2.57. The van der Waals surface area contributed by atoms with Crippen molar-refractivity contribution < 1.29 is 4.74 Å². The fraction of sp³-hybridized carbons (Fsp3) is 0.500. The lowest BCUT2D eigenvalue weighted by Crippen LogP contribution is -2.48. The first-order valence-electron chi connectivity index (χ1n) is 9.98. The summed E-state index contributed by atoms with van der Waals surface area (Å²) in [5.41, 5.74) is 4.53. The van der Waals surface area contributed by atoms with Crippen LogP contribution in [-0.4, -0.2) is 0 Å². The molecular weight excluding hydrogens is 304 g/mol. The average molecular weight is 332 g/mol. The topological polar surface area (TPSA) is 9.23 Å². The highest BCUT2D eigenvalue weighted by Gasteiger charge is 2.52. The van der Waals surface area contributed by atoms with Crippen molar-refractivity contribution in [3.63, 3.8) is 0 Å². The van der Waals surface area contributed by atoms with Crippen LogP contribution in [0.15, 0.2) is 48.5 Å². The summed E-state index contributed by atoms with van der Waals surface area (Å²) < 4.78 is 6.37. The van der Waals surface area contributed by atoms with E-state index < -0.39 is 0 Å². The first kappa shape index (κ1) is 15.5. The van der Waals surface area contributed by atoms with Crippen molar-refractivity contribution in [3.05, 3.63) is 65.2 Å². The number of aryl methyl sites for hydroxylation is 1. The van der Waals surface area contributed by atoms with Gasteiger partial charge in [0.05, 0.1) is 0 Å². The monoisotopic (exact) mass is 332 g/mol. The van der Waals surface area contributed by atoms with Crippen LogP contribution in [0.3, 0.4) is 0 Å². The molecule has 0 heterocycles. The van der Waals surface area contributed by atoms with Gasteiger partial charge < -0.3 is 4.74 Å². The fourth-order valence-electron chi connectivity index (χ4n) is 6.36. The van der Waals surface area contributed by atoms with E-state index in [1.807, 2.05) is 0 Å². The third kappa shape index (κ3) is 2.78. The Balaban J connectivity index is 1.47. The Kier molecular flexibility index (Phi) is 3.66. The van der Waals surface area contributed by atoms with Crippen LogP contribution >= 0.6 is 0 Å². The Morgan fingerprint density at radius 1 is 0.880 bits per heavy atom. The Labute approximate surface area is 151 Å². The van der Waals surface area contributed by atoms with Crippen molar-refractivity contribution in [2.45, 2.75) is 57.5 Å². The molecule has 1 heteroatoms. The van der Waals surface area contributed by atoms with Gasteiger partial charge in [-0.25, -0.2) is 0 Å². The minimum absolute atomic E-state index is 0.396. The van der Waals surface area contributed by atoms with E-state index in [2.05, 4.69) is 55.5 Å². The molecule has 0 aromatic heterocycles. The highest BCUT2D eigenvalue weighted by atomic mass is 16.5. The van der Waals surface area contributed by atoms with Crippen molar-refractivity contribution in [2.75, 3.05) is 0 Å². The molecule has 0 spiro atoms. The van der Waals surface area contributed by atoms with Crippen LogP contribution in [-0.2, 0) is 12.0 Å². The van der Waals surface area contributed by atoms with E-state index in [0.29, 0.717) is 12.0 Å². The molecule has 1 nitrogen and oxygen atoms in total. The van der Waals surface area contributed by atoms with E-state index >= 15 is 0 Å². The highest BCUT2D eigenvalue weighted by Crippen LogP contribution is 2.61. The lowest BCUT2D eigenvalue weighted by molar-refractivity contribution is -0.00650. The Hall–Kier alpha value is -1.76. The first-order valence-corrected chi connectivity index (χ1v) is 9.98. The van der Waals surface area contributed by atoms with Gasteiger partial charge in [-0.3, -0.25) is 0 Å². The predicted molar refractivity (Wildman–Crippen MR) is 102 cm³/mol. The number of ether oxygens (including phenoxy) is 1. The van der Waals surface area contributed by atoms with Gasteiger partial charge in [-0.2, -0.15) is 0 Å². The Bertz CT molecular complexity index is 726. The molecule has 0 aliphatic heterocycles. The Morgan fingerprint density at radius 2 is 1.52 bits per heavy atom. The molecular formula is C24H28O. The zero-order chi connectivity index (χ0) is 16.9. The van der Waals surface area contributed by atoms with Crippen molar-refractivity contribution in [2.24, 2.45) is 17.8 Å². The van der Waals surface area contributed by atoms with Crippen molar-refractivity contribution in [1.82, 2.24) is 0 Å². The van der Waals surface area contributed by atoms with Crippen LogP contribution in [0.25, 0.3) is 0 Å². The van der Waals surface area contributed by atoms with Crippen LogP contribution < -0.4 is 4.74 Å². The van der Waals surface area contributed by atoms with E-state index in [1.54, 1.807) is 0 Å². The van der Waals surface area contributed by atoms with Gasteiger partial charge in [-0.1, -0.05) is 48.0 Å². The summed E-state index contributed by atoms with van der Waals surface area (Å²) in [6.07, 6.45) is 8.65. The number of hydrogen-bond donors (Lipinski definition) is 0. The van der Waals surface area contributed by atoms with Crippen molar-refractivity contribution in [3.8, 4) is 5.75 Å². The summed E-state index contributed by atoms with van der Waals surface area (Å²) in [5.74, 6) is 4.03. The summed E-state index contributed by atoms with van der Waals surface area (Å²) in [6, 6.07) is 17.4. The smallest absolute Gasteiger partial charge is 0.123 e.